The SMILES string of the molecule is COc1ccc(N[C@H]2CCC[C@@H]2O)cc1Cl. The molecule has 1 aliphatic rings. The van der Waals surface area contributed by atoms with Crippen LogP contribution in [0.15, 0.2) is 18.2 Å². The van der Waals surface area contributed by atoms with Crippen LogP contribution in [0.2, 0.25) is 5.02 Å². The van der Waals surface area contributed by atoms with Gasteiger partial charge in [0.25, 0.3) is 0 Å². The lowest BCUT2D eigenvalue weighted by molar-refractivity contribution is 0.172. The van der Waals surface area contributed by atoms with E-state index in [1.54, 1.807) is 7.11 Å². The van der Waals surface area contributed by atoms with Gasteiger partial charge in [-0.1, -0.05) is 11.6 Å². The Hall–Kier alpha value is -0.930. The van der Waals surface area contributed by atoms with Crippen molar-refractivity contribution in [1.29, 1.82) is 0 Å². The van der Waals surface area contributed by atoms with Gasteiger partial charge in [0.2, 0.25) is 0 Å². The number of aliphatic hydroxyl groups is 1. The Balaban J connectivity index is 2.07. The minimum atomic E-state index is -0.249. The van der Waals surface area contributed by atoms with Crippen molar-refractivity contribution in [3.05, 3.63) is 23.2 Å². The van der Waals surface area contributed by atoms with E-state index >= 15 is 0 Å². The maximum absolute atomic E-state index is 9.70. The molecule has 0 amide bonds. The molecule has 16 heavy (non-hydrogen) atoms. The van der Waals surface area contributed by atoms with Crippen LogP contribution in [0.3, 0.4) is 0 Å². The first-order valence-corrected chi connectivity index (χ1v) is 5.86. The van der Waals surface area contributed by atoms with Gasteiger partial charge in [-0.15, -0.1) is 0 Å². The minimum absolute atomic E-state index is 0.143. The van der Waals surface area contributed by atoms with E-state index in [9.17, 15) is 5.11 Å². The molecule has 0 unspecified atom stereocenters. The van der Waals surface area contributed by atoms with Crippen LogP contribution < -0.4 is 10.1 Å². The van der Waals surface area contributed by atoms with E-state index in [2.05, 4.69) is 5.32 Å². The van der Waals surface area contributed by atoms with Gasteiger partial charge in [0.05, 0.1) is 24.3 Å². The van der Waals surface area contributed by atoms with Crippen molar-refractivity contribution < 1.29 is 9.84 Å². The Bertz CT molecular complexity index is 370. The van der Waals surface area contributed by atoms with Crippen LogP contribution in [0.1, 0.15) is 19.3 Å². The maximum atomic E-state index is 9.70. The monoisotopic (exact) mass is 241 g/mol. The third-order valence-corrected chi connectivity index (χ3v) is 3.28. The Morgan fingerprint density at radius 3 is 2.81 bits per heavy atom. The number of anilines is 1. The molecule has 0 radical (unpaired) electrons. The second-order valence-corrected chi connectivity index (χ2v) is 4.51. The summed E-state index contributed by atoms with van der Waals surface area (Å²) in [5.41, 5.74) is 0.928. The molecule has 0 aromatic heterocycles. The van der Waals surface area contributed by atoms with Crippen molar-refractivity contribution in [3.63, 3.8) is 0 Å². The second-order valence-electron chi connectivity index (χ2n) is 4.10. The molecule has 1 fully saturated rings. The molecule has 1 aromatic rings. The minimum Gasteiger partial charge on any atom is -0.495 e. The van der Waals surface area contributed by atoms with Crippen molar-refractivity contribution in [2.24, 2.45) is 0 Å². The smallest absolute Gasteiger partial charge is 0.137 e. The average molecular weight is 242 g/mol. The average Bonchev–Trinajstić information content (AvgIpc) is 2.65. The summed E-state index contributed by atoms with van der Waals surface area (Å²) in [5, 5.41) is 13.6. The molecule has 1 saturated carbocycles. The van der Waals surface area contributed by atoms with E-state index in [1.807, 2.05) is 18.2 Å². The molecule has 2 rings (SSSR count). The second kappa shape index (κ2) is 4.93. The summed E-state index contributed by atoms with van der Waals surface area (Å²) in [5.74, 6) is 0.666. The van der Waals surface area contributed by atoms with E-state index in [-0.39, 0.29) is 12.1 Å². The molecule has 0 bridgehead atoms. The predicted octanol–water partition coefficient (Wildman–Crippen LogP) is 2.67. The van der Waals surface area contributed by atoms with Crippen molar-refractivity contribution in [3.8, 4) is 5.75 Å². The number of hydrogen-bond donors (Lipinski definition) is 2. The third kappa shape index (κ3) is 2.42. The summed E-state index contributed by atoms with van der Waals surface area (Å²) in [6, 6.07) is 5.71. The largest absolute Gasteiger partial charge is 0.495 e. The van der Waals surface area contributed by atoms with Crippen LogP contribution >= 0.6 is 11.6 Å². The van der Waals surface area contributed by atoms with E-state index < -0.39 is 0 Å². The van der Waals surface area contributed by atoms with Crippen molar-refractivity contribution in [2.75, 3.05) is 12.4 Å². The lowest BCUT2D eigenvalue weighted by Crippen LogP contribution is -2.27. The lowest BCUT2D eigenvalue weighted by Gasteiger charge is -2.18. The number of halogens is 1. The highest BCUT2D eigenvalue weighted by Gasteiger charge is 2.24. The van der Waals surface area contributed by atoms with Gasteiger partial charge in [-0.05, 0) is 37.5 Å². The van der Waals surface area contributed by atoms with E-state index in [0.29, 0.717) is 10.8 Å². The molecule has 88 valence electrons. The van der Waals surface area contributed by atoms with Gasteiger partial charge in [0.15, 0.2) is 0 Å². The Kier molecular flexibility index (Phi) is 3.56. The molecule has 2 atom stereocenters. The van der Waals surface area contributed by atoms with E-state index in [0.717, 1.165) is 24.9 Å². The van der Waals surface area contributed by atoms with Gasteiger partial charge >= 0.3 is 0 Å². The zero-order valence-corrected chi connectivity index (χ0v) is 10.00. The normalized spacial score (nSPS) is 24.4. The molecule has 0 saturated heterocycles. The Morgan fingerprint density at radius 2 is 2.25 bits per heavy atom. The third-order valence-electron chi connectivity index (χ3n) is 2.98. The standard InChI is InChI=1S/C12H16ClNO2/c1-16-12-6-5-8(7-9(12)13)14-10-3-2-4-11(10)15/h5-7,10-11,14-15H,2-4H2,1H3/t10-,11-/m0/s1. The fourth-order valence-corrected chi connectivity index (χ4v) is 2.34. The highest BCUT2D eigenvalue weighted by Crippen LogP contribution is 2.29. The maximum Gasteiger partial charge on any atom is 0.137 e. The Morgan fingerprint density at radius 1 is 1.44 bits per heavy atom. The first-order chi connectivity index (χ1) is 7.70. The van der Waals surface area contributed by atoms with Gasteiger partial charge in [0, 0.05) is 5.69 Å². The fraction of sp³-hybridized carbons (Fsp3) is 0.500. The predicted molar refractivity (Wildman–Crippen MR) is 65.3 cm³/mol. The van der Waals surface area contributed by atoms with Crippen LogP contribution in [0.25, 0.3) is 0 Å². The number of hydrogen-bond acceptors (Lipinski definition) is 3. The molecule has 1 aromatic carbocycles. The summed E-state index contributed by atoms with van der Waals surface area (Å²) in [6.45, 7) is 0. The van der Waals surface area contributed by atoms with E-state index in [1.165, 1.54) is 0 Å². The first kappa shape index (κ1) is 11.6. The molecule has 0 spiro atoms. The number of aliphatic hydroxyl groups excluding tert-OH is 1. The van der Waals surface area contributed by atoms with Crippen molar-refractivity contribution >= 4 is 17.3 Å². The van der Waals surface area contributed by atoms with Crippen molar-refractivity contribution in [1.82, 2.24) is 0 Å². The number of rotatable bonds is 3. The van der Waals surface area contributed by atoms with Gasteiger partial charge < -0.3 is 15.2 Å². The van der Waals surface area contributed by atoms with Crippen LogP contribution in [0.4, 0.5) is 5.69 Å². The zero-order chi connectivity index (χ0) is 11.5. The molecule has 2 N–H and O–H groups in total. The van der Waals surface area contributed by atoms with Gasteiger partial charge in [0.1, 0.15) is 5.75 Å². The number of benzene rings is 1. The van der Waals surface area contributed by atoms with Crippen LogP contribution in [0.5, 0.6) is 5.75 Å². The molecule has 3 nitrogen and oxygen atoms in total. The number of ether oxygens (including phenoxy) is 1. The quantitative estimate of drug-likeness (QED) is 0.855. The summed E-state index contributed by atoms with van der Waals surface area (Å²) < 4.78 is 5.08. The number of methoxy groups -OCH3 is 1. The zero-order valence-electron chi connectivity index (χ0n) is 9.24. The van der Waals surface area contributed by atoms with Crippen LogP contribution in [0, 0.1) is 0 Å². The molecule has 0 heterocycles. The first-order valence-electron chi connectivity index (χ1n) is 5.49. The highest BCUT2D eigenvalue weighted by molar-refractivity contribution is 6.32. The summed E-state index contributed by atoms with van der Waals surface area (Å²) >= 11 is 6.02. The molecular formula is C12H16ClNO2. The van der Waals surface area contributed by atoms with Crippen LogP contribution in [-0.2, 0) is 0 Å². The van der Waals surface area contributed by atoms with Crippen molar-refractivity contribution in [2.45, 2.75) is 31.4 Å². The van der Waals surface area contributed by atoms with Crippen LogP contribution in [-0.4, -0.2) is 24.4 Å². The molecule has 4 heteroatoms. The van der Waals surface area contributed by atoms with Gasteiger partial charge in [-0.25, -0.2) is 0 Å². The summed E-state index contributed by atoms with van der Waals surface area (Å²) in [4.78, 5) is 0. The van der Waals surface area contributed by atoms with Gasteiger partial charge in [-0.2, -0.15) is 0 Å². The molecule has 0 aliphatic heterocycles. The summed E-state index contributed by atoms with van der Waals surface area (Å²) in [6.07, 6.45) is 2.70. The molecular weight excluding hydrogens is 226 g/mol. The Labute approximate surface area is 100 Å². The molecule has 1 aliphatic carbocycles. The highest BCUT2D eigenvalue weighted by atomic mass is 35.5. The van der Waals surface area contributed by atoms with E-state index in [4.69, 9.17) is 16.3 Å². The fourth-order valence-electron chi connectivity index (χ4n) is 2.08. The number of nitrogens with one attached hydrogen (secondary N) is 1. The summed E-state index contributed by atoms with van der Waals surface area (Å²) in [7, 11) is 1.59. The lowest BCUT2D eigenvalue weighted by atomic mass is 10.2. The van der Waals surface area contributed by atoms with Gasteiger partial charge in [-0.3, -0.25) is 0 Å². The topological polar surface area (TPSA) is 41.5 Å².